The molecular formula is C49H75N7O11. The molecule has 372 valence electrons. The fourth-order valence-corrected chi connectivity index (χ4v) is 7.47. The number of nitrogens with zero attached hydrogens (tertiary/aromatic N) is 4. The Bertz CT molecular complexity index is 1950. The van der Waals surface area contributed by atoms with Crippen LogP contribution in [0.1, 0.15) is 85.8 Å². The summed E-state index contributed by atoms with van der Waals surface area (Å²) in [5.74, 6) is -6.35. The van der Waals surface area contributed by atoms with Gasteiger partial charge >= 0.3 is 12.1 Å². The molecule has 0 aliphatic rings. The van der Waals surface area contributed by atoms with Gasteiger partial charge in [-0.05, 0) is 47.6 Å². The second-order valence-electron chi connectivity index (χ2n) is 18.5. The van der Waals surface area contributed by atoms with Gasteiger partial charge in [-0.25, -0.2) is 9.59 Å². The SMILES string of the molecule is CC[C@H](C)[C@@H](C(=O)N[C@@H](CO)C(=O)O)N(C)C(=O)CN(C)C(=O)[C@@H](NC(=O)[C@H](CC(C)C)N(C)C(=O)[C@H](CC(C)C)NC(=O)[C@H](Cc1ccccc1)N(C)C(=O)OCc1ccccc1)C(C)C. The van der Waals surface area contributed by atoms with Crippen LogP contribution in [0.3, 0.4) is 0 Å². The molecule has 0 unspecified atom stereocenters. The molecule has 18 nitrogen and oxygen atoms in total. The molecule has 0 aliphatic carbocycles. The maximum absolute atomic E-state index is 14.6. The summed E-state index contributed by atoms with van der Waals surface area (Å²) >= 11 is 0. The van der Waals surface area contributed by atoms with Crippen LogP contribution in [0.2, 0.25) is 0 Å². The van der Waals surface area contributed by atoms with Crippen LogP contribution in [-0.4, -0.2) is 155 Å². The van der Waals surface area contributed by atoms with Gasteiger partial charge < -0.3 is 45.6 Å². The lowest BCUT2D eigenvalue weighted by Crippen LogP contribution is -2.60. The van der Waals surface area contributed by atoms with Crippen LogP contribution >= 0.6 is 0 Å². The van der Waals surface area contributed by atoms with Crippen molar-refractivity contribution in [1.29, 1.82) is 0 Å². The fourth-order valence-electron chi connectivity index (χ4n) is 7.47. The van der Waals surface area contributed by atoms with E-state index in [9.17, 15) is 48.6 Å². The number of aliphatic hydroxyl groups excluding tert-OH is 1. The van der Waals surface area contributed by atoms with Gasteiger partial charge in [-0.2, -0.15) is 0 Å². The average molecular weight is 938 g/mol. The molecule has 0 aromatic heterocycles. The molecule has 67 heavy (non-hydrogen) atoms. The van der Waals surface area contributed by atoms with Gasteiger partial charge in [0.05, 0.1) is 13.2 Å². The Balaban J connectivity index is 2.36. The van der Waals surface area contributed by atoms with Gasteiger partial charge in [-0.3, -0.25) is 33.7 Å². The molecule has 0 spiro atoms. The summed E-state index contributed by atoms with van der Waals surface area (Å²) in [6.45, 7) is 13.1. The minimum atomic E-state index is -1.58. The number of hydrogen-bond donors (Lipinski definition) is 5. The molecule has 0 radical (unpaired) electrons. The predicted octanol–water partition coefficient (Wildman–Crippen LogP) is 3.30. The molecule has 7 atom stereocenters. The number of nitrogens with one attached hydrogen (secondary N) is 3. The van der Waals surface area contributed by atoms with E-state index in [0.29, 0.717) is 6.42 Å². The van der Waals surface area contributed by atoms with Crippen LogP contribution in [-0.2, 0) is 51.3 Å². The number of ether oxygens (including phenoxy) is 1. The van der Waals surface area contributed by atoms with E-state index >= 15 is 0 Å². The number of amides is 7. The van der Waals surface area contributed by atoms with Gasteiger partial charge in [0.2, 0.25) is 35.4 Å². The zero-order valence-electron chi connectivity index (χ0n) is 41.4. The van der Waals surface area contributed by atoms with E-state index in [2.05, 4.69) is 16.0 Å². The fraction of sp³-hybridized carbons (Fsp3) is 0.592. The molecule has 0 bridgehead atoms. The third kappa shape index (κ3) is 17.6. The molecule has 2 aromatic rings. The number of carboxylic acids is 1. The Kier molecular flexibility index (Phi) is 23.5. The van der Waals surface area contributed by atoms with Crippen LogP contribution in [0.5, 0.6) is 0 Å². The Hall–Kier alpha value is -6.04. The highest BCUT2D eigenvalue weighted by Crippen LogP contribution is 2.19. The number of aliphatic hydroxyl groups is 1. The van der Waals surface area contributed by atoms with E-state index in [0.717, 1.165) is 20.9 Å². The molecule has 0 saturated carbocycles. The molecule has 7 amide bonds. The topological polar surface area (TPSA) is 235 Å². The molecular weight excluding hydrogens is 863 g/mol. The molecule has 0 aliphatic heterocycles. The second-order valence-corrected chi connectivity index (χ2v) is 18.5. The Morgan fingerprint density at radius 3 is 1.64 bits per heavy atom. The molecule has 2 aromatic carbocycles. The van der Waals surface area contributed by atoms with Crippen molar-refractivity contribution in [3.63, 3.8) is 0 Å². The lowest BCUT2D eigenvalue weighted by atomic mass is 9.96. The summed E-state index contributed by atoms with van der Waals surface area (Å²) in [4.78, 5) is 114. The number of likely N-dealkylation sites (N-methyl/N-ethyl adjacent to an activating group) is 4. The average Bonchev–Trinajstić information content (AvgIpc) is 3.28. The van der Waals surface area contributed by atoms with Gasteiger partial charge in [0.15, 0.2) is 0 Å². The van der Waals surface area contributed by atoms with Crippen molar-refractivity contribution in [2.24, 2.45) is 23.7 Å². The highest BCUT2D eigenvalue weighted by atomic mass is 16.6. The number of rotatable bonds is 26. The van der Waals surface area contributed by atoms with Gasteiger partial charge in [-0.15, -0.1) is 0 Å². The molecule has 0 fully saturated rings. The van der Waals surface area contributed by atoms with Crippen molar-refractivity contribution < 1.29 is 53.3 Å². The molecule has 0 saturated heterocycles. The third-order valence-corrected chi connectivity index (χ3v) is 11.7. The summed E-state index contributed by atoms with van der Waals surface area (Å²) in [5, 5.41) is 26.8. The van der Waals surface area contributed by atoms with Crippen molar-refractivity contribution in [2.45, 2.75) is 124 Å². The maximum Gasteiger partial charge on any atom is 0.410 e. The molecule has 0 heterocycles. The standard InChI is InChI=1S/C49H75N7O11/c1-13-33(8)42(45(61)51-37(28-57)48(64)65)56(12)40(58)27-53(9)47(63)41(32(6)7)52-44(60)38(25-31(4)5)54(10)46(62)36(24-30(2)3)50-43(59)39(26-34-20-16-14-17-21-34)55(11)49(66)67-29-35-22-18-15-19-23-35/h14-23,30-33,36-39,41-42,57H,13,24-29H2,1-12H3,(H,50,59)(H,51,61)(H,52,60)(H,64,65)/t33-,36-,37-,38-,39-,41-,42-/m0/s1. The van der Waals surface area contributed by atoms with E-state index < -0.39 is 109 Å². The monoisotopic (exact) mass is 938 g/mol. The minimum absolute atomic E-state index is 0.0131. The van der Waals surface area contributed by atoms with Crippen LogP contribution < -0.4 is 16.0 Å². The largest absolute Gasteiger partial charge is 0.480 e. The highest BCUT2D eigenvalue weighted by molar-refractivity contribution is 5.96. The maximum atomic E-state index is 14.6. The van der Waals surface area contributed by atoms with Gasteiger partial charge in [0.1, 0.15) is 42.9 Å². The summed E-state index contributed by atoms with van der Waals surface area (Å²) in [6.07, 6.45) is 0.222. The molecule has 18 heteroatoms. The third-order valence-electron chi connectivity index (χ3n) is 11.7. The first-order chi connectivity index (χ1) is 31.4. The second kappa shape index (κ2) is 27.6. The van der Waals surface area contributed by atoms with E-state index in [-0.39, 0.29) is 37.7 Å². The Labute approximate surface area is 396 Å². The summed E-state index contributed by atoms with van der Waals surface area (Å²) < 4.78 is 5.57. The van der Waals surface area contributed by atoms with Crippen LogP contribution in [0.15, 0.2) is 60.7 Å². The van der Waals surface area contributed by atoms with Crippen molar-refractivity contribution in [1.82, 2.24) is 35.6 Å². The smallest absolute Gasteiger partial charge is 0.410 e. The lowest BCUT2D eigenvalue weighted by Gasteiger charge is -2.35. The Morgan fingerprint density at radius 2 is 1.15 bits per heavy atom. The number of carbonyl (C=O) groups excluding carboxylic acids is 7. The first kappa shape index (κ1) is 57.1. The van der Waals surface area contributed by atoms with Crippen LogP contribution in [0.25, 0.3) is 0 Å². The van der Waals surface area contributed by atoms with E-state index in [4.69, 9.17) is 4.74 Å². The normalized spacial score (nSPS) is 14.4. The lowest BCUT2D eigenvalue weighted by molar-refractivity contribution is -0.148. The zero-order chi connectivity index (χ0) is 50.7. The molecule has 5 N–H and O–H groups in total. The van der Waals surface area contributed by atoms with Crippen LogP contribution in [0.4, 0.5) is 4.79 Å². The molecule has 2 rings (SSSR count). The minimum Gasteiger partial charge on any atom is -0.480 e. The van der Waals surface area contributed by atoms with E-state index in [1.807, 2.05) is 88.4 Å². The van der Waals surface area contributed by atoms with Crippen molar-refractivity contribution in [2.75, 3.05) is 41.3 Å². The van der Waals surface area contributed by atoms with Gasteiger partial charge in [0, 0.05) is 34.6 Å². The van der Waals surface area contributed by atoms with Gasteiger partial charge in [0.25, 0.3) is 0 Å². The summed E-state index contributed by atoms with van der Waals surface area (Å²) in [5.41, 5.74) is 1.54. The predicted molar refractivity (Wildman–Crippen MR) is 253 cm³/mol. The first-order valence-electron chi connectivity index (χ1n) is 22.9. The van der Waals surface area contributed by atoms with Crippen molar-refractivity contribution in [3.8, 4) is 0 Å². The number of aliphatic carboxylic acids is 1. The van der Waals surface area contributed by atoms with Crippen LogP contribution in [0, 0.1) is 23.7 Å². The van der Waals surface area contributed by atoms with Crippen molar-refractivity contribution in [3.05, 3.63) is 71.8 Å². The Morgan fingerprint density at radius 1 is 0.627 bits per heavy atom. The summed E-state index contributed by atoms with van der Waals surface area (Å²) in [7, 11) is 5.69. The summed E-state index contributed by atoms with van der Waals surface area (Å²) in [6, 6.07) is 11.1. The number of hydrogen-bond acceptors (Lipinski definition) is 10. The number of carbonyl (C=O) groups is 8. The van der Waals surface area contributed by atoms with Crippen molar-refractivity contribution >= 4 is 47.5 Å². The first-order valence-corrected chi connectivity index (χ1v) is 22.9. The quantitative estimate of drug-likeness (QED) is 0.0918. The zero-order valence-corrected chi connectivity index (χ0v) is 41.4. The van der Waals surface area contributed by atoms with E-state index in [1.54, 1.807) is 27.7 Å². The number of benzene rings is 2. The van der Waals surface area contributed by atoms with E-state index in [1.165, 1.54) is 38.0 Å². The highest BCUT2D eigenvalue weighted by Gasteiger charge is 2.39. The van der Waals surface area contributed by atoms with Gasteiger partial charge in [-0.1, -0.05) is 122 Å². The number of carboxylic acid groups (broad SMARTS) is 1.